The number of esters is 1. The number of ether oxygens (including phenoxy) is 1. The number of hydrogen-bond acceptors (Lipinski definition) is 7. The summed E-state index contributed by atoms with van der Waals surface area (Å²) in [7, 11) is 1.30. The molecule has 3 rings (SSSR count). The normalized spacial score (nSPS) is 10.4. The number of aromatic nitrogens is 2. The Morgan fingerprint density at radius 1 is 1.19 bits per heavy atom. The zero-order valence-corrected chi connectivity index (χ0v) is 15.7. The van der Waals surface area contributed by atoms with Crippen molar-refractivity contribution >= 4 is 40.9 Å². The summed E-state index contributed by atoms with van der Waals surface area (Å²) >= 11 is 6.96. The van der Waals surface area contributed by atoms with Crippen molar-refractivity contribution in [1.29, 1.82) is 0 Å². The second kappa shape index (κ2) is 8.70. The summed E-state index contributed by atoms with van der Waals surface area (Å²) in [6.07, 6.45) is 0. The highest BCUT2D eigenvalue weighted by atomic mass is 35.5. The van der Waals surface area contributed by atoms with Crippen LogP contribution in [0.2, 0.25) is 5.02 Å². The zero-order chi connectivity index (χ0) is 19.2. The molecule has 9 heteroatoms. The van der Waals surface area contributed by atoms with Crippen LogP contribution in [0.15, 0.2) is 58.2 Å². The number of nitrogens with one attached hydrogen (secondary N) is 1. The molecule has 0 atom stereocenters. The van der Waals surface area contributed by atoms with Crippen LogP contribution in [0.4, 0.5) is 5.69 Å². The first-order valence-electron chi connectivity index (χ1n) is 7.75. The molecule has 0 unspecified atom stereocenters. The van der Waals surface area contributed by atoms with E-state index in [-0.39, 0.29) is 16.9 Å². The third-order valence-electron chi connectivity index (χ3n) is 3.39. The van der Waals surface area contributed by atoms with Crippen LogP contribution in [0, 0.1) is 0 Å². The third kappa shape index (κ3) is 5.08. The second-order valence-corrected chi connectivity index (χ2v) is 6.65. The number of amides is 1. The summed E-state index contributed by atoms with van der Waals surface area (Å²) < 4.78 is 10.2. The lowest BCUT2D eigenvalue weighted by Crippen LogP contribution is -2.14. The first kappa shape index (κ1) is 18.9. The lowest BCUT2D eigenvalue weighted by molar-refractivity contribution is -0.113. The summed E-state index contributed by atoms with van der Waals surface area (Å²) in [6, 6.07) is 13.5. The Balaban J connectivity index is 1.57. The van der Waals surface area contributed by atoms with Crippen LogP contribution in [-0.2, 0) is 9.53 Å². The first-order chi connectivity index (χ1) is 13.0. The molecular formula is C18H14ClN3O4S. The fourth-order valence-corrected chi connectivity index (χ4v) is 2.83. The van der Waals surface area contributed by atoms with E-state index in [1.165, 1.54) is 7.11 Å². The summed E-state index contributed by atoms with van der Waals surface area (Å²) in [4.78, 5) is 23.6. The van der Waals surface area contributed by atoms with E-state index in [1.807, 2.05) is 0 Å². The molecule has 0 saturated carbocycles. The SMILES string of the molecule is COC(=O)c1cccc(NC(=O)CSc2nnc(-c3ccc(Cl)cc3)o2)c1. The Kier molecular flexibility index (Phi) is 6.10. The molecule has 0 fully saturated rings. The van der Waals surface area contributed by atoms with E-state index in [9.17, 15) is 9.59 Å². The minimum absolute atomic E-state index is 0.0741. The Morgan fingerprint density at radius 3 is 2.70 bits per heavy atom. The van der Waals surface area contributed by atoms with Gasteiger partial charge in [-0.05, 0) is 42.5 Å². The van der Waals surface area contributed by atoms with E-state index in [1.54, 1.807) is 48.5 Å². The molecule has 0 bridgehead atoms. The van der Waals surface area contributed by atoms with Crippen molar-refractivity contribution < 1.29 is 18.7 Å². The van der Waals surface area contributed by atoms with Gasteiger partial charge in [-0.2, -0.15) is 0 Å². The Hall–Kier alpha value is -2.84. The summed E-state index contributed by atoms with van der Waals surface area (Å²) in [5.74, 6) is -0.320. The molecule has 2 aromatic carbocycles. The van der Waals surface area contributed by atoms with E-state index in [0.717, 1.165) is 17.3 Å². The number of halogens is 1. The van der Waals surface area contributed by atoms with Crippen molar-refractivity contribution in [1.82, 2.24) is 10.2 Å². The molecule has 0 spiro atoms. The third-order valence-corrected chi connectivity index (χ3v) is 4.46. The van der Waals surface area contributed by atoms with Crippen LogP contribution in [0.25, 0.3) is 11.5 Å². The Bertz CT molecular complexity index is 959. The van der Waals surface area contributed by atoms with Gasteiger partial charge < -0.3 is 14.5 Å². The van der Waals surface area contributed by atoms with E-state index in [4.69, 9.17) is 16.0 Å². The number of nitrogens with zero attached hydrogens (tertiary/aromatic N) is 2. The van der Waals surface area contributed by atoms with Gasteiger partial charge in [0.15, 0.2) is 0 Å². The molecule has 0 aliphatic heterocycles. The quantitative estimate of drug-likeness (QED) is 0.492. The maximum absolute atomic E-state index is 12.1. The average molecular weight is 404 g/mol. The molecule has 1 heterocycles. The zero-order valence-electron chi connectivity index (χ0n) is 14.1. The van der Waals surface area contributed by atoms with Crippen molar-refractivity contribution in [3.05, 3.63) is 59.1 Å². The van der Waals surface area contributed by atoms with Crippen molar-refractivity contribution in [2.75, 3.05) is 18.2 Å². The van der Waals surface area contributed by atoms with Gasteiger partial charge in [0.25, 0.3) is 5.22 Å². The highest BCUT2D eigenvalue weighted by Crippen LogP contribution is 2.24. The fourth-order valence-electron chi connectivity index (χ4n) is 2.14. The highest BCUT2D eigenvalue weighted by molar-refractivity contribution is 7.99. The van der Waals surface area contributed by atoms with Crippen molar-refractivity contribution in [2.45, 2.75) is 5.22 Å². The molecule has 27 heavy (non-hydrogen) atoms. The predicted octanol–water partition coefficient (Wildman–Crippen LogP) is 3.91. The van der Waals surface area contributed by atoms with Crippen LogP contribution in [-0.4, -0.2) is 34.9 Å². The molecule has 0 saturated heterocycles. The van der Waals surface area contributed by atoms with Gasteiger partial charge in [-0.25, -0.2) is 4.79 Å². The molecule has 0 radical (unpaired) electrons. The number of rotatable bonds is 6. The van der Waals surface area contributed by atoms with Gasteiger partial charge in [0.1, 0.15) is 0 Å². The summed E-state index contributed by atoms with van der Waals surface area (Å²) in [5, 5.41) is 11.5. The van der Waals surface area contributed by atoms with E-state index in [0.29, 0.717) is 22.2 Å². The number of benzene rings is 2. The number of carbonyl (C=O) groups is 2. The van der Waals surface area contributed by atoms with Crippen LogP contribution >= 0.6 is 23.4 Å². The topological polar surface area (TPSA) is 94.3 Å². The smallest absolute Gasteiger partial charge is 0.337 e. The van der Waals surface area contributed by atoms with Gasteiger partial charge >= 0.3 is 5.97 Å². The lowest BCUT2D eigenvalue weighted by Gasteiger charge is -2.05. The summed E-state index contributed by atoms with van der Waals surface area (Å²) in [6.45, 7) is 0. The number of methoxy groups -OCH3 is 1. The van der Waals surface area contributed by atoms with E-state index < -0.39 is 5.97 Å². The highest BCUT2D eigenvalue weighted by Gasteiger charge is 2.12. The minimum Gasteiger partial charge on any atom is -0.465 e. The van der Waals surface area contributed by atoms with Crippen molar-refractivity contribution in [3.63, 3.8) is 0 Å². The van der Waals surface area contributed by atoms with Crippen LogP contribution < -0.4 is 5.32 Å². The molecule has 1 aromatic heterocycles. The Labute approximate surface area is 164 Å². The monoisotopic (exact) mass is 403 g/mol. The molecule has 138 valence electrons. The number of hydrogen-bond donors (Lipinski definition) is 1. The van der Waals surface area contributed by atoms with Gasteiger partial charge in [-0.15, -0.1) is 10.2 Å². The van der Waals surface area contributed by atoms with Crippen molar-refractivity contribution in [2.24, 2.45) is 0 Å². The minimum atomic E-state index is -0.471. The maximum Gasteiger partial charge on any atom is 0.337 e. The number of anilines is 1. The van der Waals surface area contributed by atoms with Gasteiger partial charge in [0.2, 0.25) is 11.8 Å². The molecule has 1 amide bonds. The first-order valence-corrected chi connectivity index (χ1v) is 9.12. The van der Waals surface area contributed by atoms with Crippen LogP contribution in [0.1, 0.15) is 10.4 Å². The second-order valence-electron chi connectivity index (χ2n) is 5.29. The van der Waals surface area contributed by atoms with Gasteiger partial charge in [-0.3, -0.25) is 4.79 Å². The molecule has 7 nitrogen and oxygen atoms in total. The molecule has 3 aromatic rings. The number of thioether (sulfide) groups is 1. The number of carbonyl (C=O) groups excluding carboxylic acids is 2. The summed E-state index contributed by atoms with van der Waals surface area (Å²) in [5.41, 5.74) is 1.59. The lowest BCUT2D eigenvalue weighted by atomic mass is 10.2. The molecule has 0 aliphatic rings. The van der Waals surface area contributed by atoms with Gasteiger partial charge in [0.05, 0.1) is 18.4 Å². The predicted molar refractivity (Wildman–Crippen MR) is 102 cm³/mol. The maximum atomic E-state index is 12.1. The largest absolute Gasteiger partial charge is 0.465 e. The van der Waals surface area contributed by atoms with Gasteiger partial charge in [-0.1, -0.05) is 29.4 Å². The van der Waals surface area contributed by atoms with Crippen molar-refractivity contribution in [3.8, 4) is 11.5 Å². The molecular weight excluding hydrogens is 390 g/mol. The average Bonchev–Trinajstić information content (AvgIpc) is 3.15. The standard InChI is InChI=1S/C18H14ClN3O4S/c1-25-17(24)12-3-2-4-14(9-12)20-15(23)10-27-18-22-21-16(26-18)11-5-7-13(19)8-6-11/h2-9H,10H2,1H3,(H,20,23). The fraction of sp³-hybridized carbons (Fsp3) is 0.111. The van der Waals surface area contributed by atoms with Crippen LogP contribution in [0.3, 0.4) is 0 Å². The van der Waals surface area contributed by atoms with Gasteiger partial charge in [0, 0.05) is 16.3 Å². The molecule has 1 N–H and O–H groups in total. The Morgan fingerprint density at radius 2 is 1.96 bits per heavy atom. The van der Waals surface area contributed by atoms with Crippen LogP contribution in [0.5, 0.6) is 0 Å². The van der Waals surface area contributed by atoms with E-state index >= 15 is 0 Å². The van der Waals surface area contributed by atoms with E-state index in [2.05, 4.69) is 20.3 Å². The molecule has 0 aliphatic carbocycles.